The number of piperidine rings is 1. The monoisotopic (exact) mass is 364 g/mol. The van der Waals surface area contributed by atoms with E-state index in [1.807, 2.05) is 23.1 Å². The number of halogens is 2. The lowest BCUT2D eigenvalue weighted by Crippen LogP contribution is -2.45. The Morgan fingerprint density at radius 3 is 2.88 bits per heavy atom. The fourth-order valence-corrected chi connectivity index (χ4v) is 3.18. The van der Waals surface area contributed by atoms with Crippen molar-refractivity contribution >= 4 is 29.1 Å². The van der Waals surface area contributed by atoms with Crippen LogP contribution in [0.1, 0.15) is 18.4 Å². The van der Waals surface area contributed by atoms with E-state index in [9.17, 15) is 4.79 Å². The summed E-state index contributed by atoms with van der Waals surface area (Å²) in [6.07, 6.45) is 5.25. The highest BCUT2D eigenvalue weighted by molar-refractivity contribution is 6.32. The highest BCUT2D eigenvalue weighted by atomic mass is 35.5. The molecule has 0 radical (unpaired) electrons. The molecule has 126 valence electrons. The molecular formula is C18H18Cl2N2O2. The fourth-order valence-electron chi connectivity index (χ4n) is 2.81. The normalized spacial score (nSPS) is 17.6. The second-order valence-electron chi connectivity index (χ2n) is 5.80. The first kappa shape index (κ1) is 17.1. The Hall–Kier alpha value is -1.78. The zero-order valence-corrected chi connectivity index (χ0v) is 14.6. The van der Waals surface area contributed by atoms with Gasteiger partial charge in [0, 0.05) is 30.0 Å². The van der Waals surface area contributed by atoms with Crippen LogP contribution in [0, 0.1) is 0 Å². The summed E-state index contributed by atoms with van der Waals surface area (Å²) in [5.74, 6) is 0.675. The Morgan fingerprint density at radius 2 is 2.08 bits per heavy atom. The van der Waals surface area contributed by atoms with E-state index in [2.05, 4.69) is 4.98 Å². The number of aromatic nitrogens is 1. The lowest BCUT2D eigenvalue weighted by molar-refractivity contribution is -0.133. The van der Waals surface area contributed by atoms with Crippen LogP contribution in [-0.4, -0.2) is 35.0 Å². The molecule has 24 heavy (non-hydrogen) atoms. The van der Waals surface area contributed by atoms with Crippen molar-refractivity contribution in [2.24, 2.45) is 0 Å². The minimum atomic E-state index is -0.0613. The predicted octanol–water partition coefficient (Wildman–Crippen LogP) is 4.00. The van der Waals surface area contributed by atoms with Gasteiger partial charge in [0.15, 0.2) is 0 Å². The van der Waals surface area contributed by atoms with Crippen molar-refractivity contribution < 1.29 is 9.53 Å². The summed E-state index contributed by atoms with van der Waals surface area (Å²) in [5, 5.41) is 1.11. The van der Waals surface area contributed by atoms with Crippen LogP contribution in [0.4, 0.5) is 0 Å². The standard InChI is InChI=1S/C18H18Cl2N2O2/c19-15-6-2-1-4-13(15)10-18(23)22-9-3-5-14(12-22)24-17-7-8-21-11-16(17)20/h1-2,4,6-8,11,14H,3,5,9-10,12H2. The Balaban J connectivity index is 1.62. The maximum Gasteiger partial charge on any atom is 0.227 e. The summed E-state index contributed by atoms with van der Waals surface area (Å²) in [6, 6.07) is 9.18. The molecular weight excluding hydrogens is 347 g/mol. The van der Waals surface area contributed by atoms with Gasteiger partial charge in [-0.3, -0.25) is 9.78 Å². The smallest absolute Gasteiger partial charge is 0.227 e. The van der Waals surface area contributed by atoms with Gasteiger partial charge in [0.1, 0.15) is 16.9 Å². The molecule has 1 aromatic carbocycles. The van der Waals surface area contributed by atoms with Crippen molar-refractivity contribution in [1.82, 2.24) is 9.88 Å². The molecule has 0 N–H and O–H groups in total. The van der Waals surface area contributed by atoms with Gasteiger partial charge in [0.25, 0.3) is 0 Å². The minimum absolute atomic E-state index is 0.0613. The number of hydrogen-bond donors (Lipinski definition) is 0. The molecule has 1 aliphatic heterocycles. The van der Waals surface area contributed by atoms with Crippen molar-refractivity contribution in [3.8, 4) is 5.75 Å². The molecule has 1 atom stereocenters. The molecule has 1 unspecified atom stereocenters. The lowest BCUT2D eigenvalue weighted by Gasteiger charge is -2.33. The van der Waals surface area contributed by atoms with Gasteiger partial charge < -0.3 is 9.64 Å². The summed E-state index contributed by atoms with van der Waals surface area (Å²) < 4.78 is 5.95. The average Bonchev–Trinajstić information content (AvgIpc) is 2.59. The Morgan fingerprint density at radius 1 is 1.25 bits per heavy atom. The molecule has 1 aromatic heterocycles. The third-order valence-corrected chi connectivity index (χ3v) is 4.71. The van der Waals surface area contributed by atoms with E-state index in [4.69, 9.17) is 27.9 Å². The molecule has 3 rings (SSSR count). The summed E-state index contributed by atoms with van der Waals surface area (Å²) >= 11 is 12.2. The zero-order chi connectivity index (χ0) is 16.9. The molecule has 0 spiro atoms. The van der Waals surface area contributed by atoms with Gasteiger partial charge in [-0.2, -0.15) is 0 Å². The second-order valence-corrected chi connectivity index (χ2v) is 6.61. The van der Waals surface area contributed by atoms with E-state index in [0.717, 1.165) is 24.9 Å². The largest absolute Gasteiger partial charge is 0.487 e. The third-order valence-electron chi connectivity index (χ3n) is 4.06. The van der Waals surface area contributed by atoms with Gasteiger partial charge in [-0.25, -0.2) is 0 Å². The van der Waals surface area contributed by atoms with Gasteiger partial charge in [0.2, 0.25) is 5.91 Å². The molecule has 2 aromatic rings. The summed E-state index contributed by atoms with van der Waals surface area (Å²) in [6.45, 7) is 1.30. The number of hydrogen-bond acceptors (Lipinski definition) is 3. The topological polar surface area (TPSA) is 42.4 Å². The van der Waals surface area contributed by atoms with Gasteiger partial charge in [-0.15, -0.1) is 0 Å². The molecule has 0 aliphatic carbocycles. The van der Waals surface area contributed by atoms with E-state index in [0.29, 0.717) is 28.8 Å². The second kappa shape index (κ2) is 7.86. The van der Waals surface area contributed by atoms with Crippen LogP contribution in [0.25, 0.3) is 0 Å². The molecule has 1 fully saturated rings. The first-order chi connectivity index (χ1) is 11.6. The number of pyridine rings is 1. The summed E-state index contributed by atoms with van der Waals surface area (Å²) in [4.78, 5) is 18.3. The fraction of sp³-hybridized carbons (Fsp3) is 0.333. The molecule has 0 saturated carbocycles. The van der Waals surface area contributed by atoms with Crippen LogP contribution in [0.2, 0.25) is 10.0 Å². The zero-order valence-electron chi connectivity index (χ0n) is 13.1. The highest BCUT2D eigenvalue weighted by Gasteiger charge is 2.25. The van der Waals surface area contributed by atoms with Crippen molar-refractivity contribution in [2.45, 2.75) is 25.4 Å². The summed E-state index contributed by atoms with van der Waals surface area (Å²) in [7, 11) is 0. The maximum atomic E-state index is 12.6. The van der Waals surface area contributed by atoms with Gasteiger partial charge in [-0.05, 0) is 24.5 Å². The molecule has 6 heteroatoms. The average molecular weight is 365 g/mol. The van der Waals surface area contributed by atoms with Crippen molar-refractivity contribution in [3.63, 3.8) is 0 Å². The number of amides is 1. The van der Waals surface area contributed by atoms with Crippen molar-refractivity contribution in [1.29, 1.82) is 0 Å². The molecule has 1 saturated heterocycles. The van der Waals surface area contributed by atoms with E-state index in [1.54, 1.807) is 24.5 Å². The van der Waals surface area contributed by atoms with E-state index in [-0.39, 0.29) is 12.0 Å². The number of likely N-dealkylation sites (tertiary alicyclic amines) is 1. The van der Waals surface area contributed by atoms with Crippen LogP contribution >= 0.6 is 23.2 Å². The van der Waals surface area contributed by atoms with Crippen molar-refractivity contribution in [3.05, 3.63) is 58.3 Å². The van der Waals surface area contributed by atoms with Crippen LogP contribution < -0.4 is 4.74 Å². The third kappa shape index (κ3) is 4.19. The van der Waals surface area contributed by atoms with Crippen LogP contribution in [0.3, 0.4) is 0 Å². The molecule has 4 nitrogen and oxygen atoms in total. The summed E-state index contributed by atoms with van der Waals surface area (Å²) in [5.41, 5.74) is 0.851. The maximum absolute atomic E-state index is 12.6. The predicted molar refractivity (Wildman–Crippen MR) is 94.6 cm³/mol. The lowest BCUT2D eigenvalue weighted by atomic mass is 10.1. The number of benzene rings is 1. The number of carbonyl (C=O) groups excluding carboxylic acids is 1. The first-order valence-electron chi connectivity index (χ1n) is 7.91. The van der Waals surface area contributed by atoms with Gasteiger partial charge in [0.05, 0.1) is 13.0 Å². The van der Waals surface area contributed by atoms with Crippen molar-refractivity contribution in [2.75, 3.05) is 13.1 Å². The number of rotatable bonds is 4. The number of nitrogens with zero attached hydrogens (tertiary/aromatic N) is 2. The van der Waals surface area contributed by atoms with Crippen LogP contribution in [0.5, 0.6) is 5.75 Å². The van der Waals surface area contributed by atoms with Crippen LogP contribution in [0.15, 0.2) is 42.7 Å². The Kier molecular flexibility index (Phi) is 5.59. The molecule has 1 aliphatic rings. The first-order valence-corrected chi connectivity index (χ1v) is 8.66. The van der Waals surface area contributed by atoms with Crippen LogP contribution in [-0.2, 0) is 11.2 Å². The quantitative estimate of drug-likeness (QED) is 0.823. The number of ether oxygens (including phenoxy) is 1. The van der Waals surface area contributed by atoms with E-state index >= 15 is 0 Å². The van der Waals surface area contributed by atoms with Gasteiger partial charge in [-0.1, -0.05) is 41.4 Å². The molecule has 0 bridgehead atoms. The minimum Gasteiger partial charge on any atom is -0.487 e. The SMILES string of the molecule is O=C(Cc1ccccc1Cl)N1CCCC(Oc2ccncc2Cl)C1. The Bertz CT molecular complexity index is 724. The van der Waals surface area contributed by atoms with E-state index in [1.165, 1.54) is 0 Å². The molecule has 1 amide bonds. The van der Waals surface area contributed by atoms with Gasteiger partial charge >= 0.3 is 0 Å². The van der Waals surface area contributed by atoms with E-state index < -0.39 is 0 Å². The molecule has 2 heterocycles. The highest BCUT2D eigenvalue weighted by Crippen LogP contribution is 2.26. The Labute approximate surface area is 151 Å². The number of carbonyl (C=O) groups is 1.